The summed E-state index contributed by atoms with van der Waals surface area (Å²) < 4.78 is 19.0. The lowest BCUT2D eigenvalue weighted by Crippen LogP contribution is -2.35. The van der Waals surface area contributed by atoms with Gasteiger partial charge in [0.1, 0.15) is 17.7 Å². The van der Waals surface area contributed by atoms with E-state index in [1.54, 1.807) is 6.08 Å². The smallest absolute Gasteiger partial charge is 0.127 e. The van der Waals surface area contributed by atoms with E-state index in [4.69, 9.17) is 4.74 Å². The van der Waals surface area contributed by atoms with Crippen LogP contribution in [0.1, 0.15) is 33.3 Å². The molecule has 0 amide bonds. The topological polar surface area (TPSA) is 21.3 Å². The van der Waals surface area contributed by atoms with Gasteiger partial charge in [0.25, 0.3) is 0 Å². The Morgan fingerprint density at radius 3 is 2.61 bits per heavy atom. The van der Waals surface area contributed by atoms with E-state index in [0.717, 1.165) is 5.56 Å². The normalized spacial score (nSPS) is 13.2. The van der Waals surface area contributed by atoms with E-state index in [1.807, 2.05) is 13.0 Å². The first-order valence-corrected chi connectivity index (χ1v) is 6.14. The molecular weight excluding hydrogens is 229 g/mol. The number of halogens is 1. The molecule has 0 radical (unpaired) electrons. The largest absolute Gasteiger partial charge is 0.487 e. The molecule has 0 aromatic heterocycles. The summed E-state index contributed by atoms with van der Waals surface area (Å²) >= 11 is 0. The number of hydrogen-bond acceptors (Lipinski definition) is 2. The Hall–Kier alpha value is -1.35. The molecule has 0 aliphatic rings. The Morgan fingerprint density at radius 2 is 2.06 bits per heavy atom. The van der Waals surface area contributed by atoms with Crippen LogP contribution in [0.15, 0.2) is 30.9 Å². The molecule has 1 unspecified atom stereocenters. The summed E-state index contributed by atoms with van der Waals surface area (Å²) in [5.41, 5.74) is 0.873. The van der Waals surface area contributed by atoms with Crippen molar-refractivity contribution in [3.8, 4) is 5.75 Å². The van der Waals surface area contributed by atoms with Gasteiger partial charge in [0, 0.05) is 18.2 Å². The molecule has 0 bridgehead atoms. The Labute approximate surface area is 109 Å². The van der Waals surface area contributed by atoms with Crippen LogP contribution in [0.5, 0.6) is 5.75 Å². The zero-order valence-corrected chi connectivity index (χ0v) is 11.6. The molecule has 0 aliphatic heterocycles. The van der Waals surface area contributed by atoms with E-state index in [2.05, 4.69) is 32.7 Å². The summed E-state index contributed by atoms with van der Waals surface area (Å²) in [6.07, 6.45) is 1.55. The van der Waals surface area contributed by atoms with Gasteiger partial charge in [-0.2, -0.15) is 0 Å². The molecule has 0 heterocycles. The SMILES string of the molecule is C=CC(C)Oc1cc(F)cc(CNC(C)(C)C)c1. The highest BCUT2D eigenvalue weighted by Crippen LogP contribution is 2.18. The van der Waals surface area contributed by atoms with Crippen LogP contribution in [-0.2, 0) is 6.54 Å². The molecule has 0 aliphatic carbocycles. The first-order chi connectivity index (χ1) is 8.30. The fourth-order valence-electron chi connectivity index (χ4n) is 1.42. The summed E-state index contributed by atoms with van der Waals surface area (Å²) in [4.78, 5) is 0. The Morgan fingerprint density at radius 1 is 1.39 bits per heavy atom. The lowest BCUT2D eigenvalue weighted by Gasteiger charge is -2.21. The molecule has 100 valence electrons. The molecule has 1 aromatic carbocycles. The summed E-state index contributed by atoms with van der Waals surface area (Å²) in [6.45, 7) is 12.3. The second-order valence-corrected chi connectivity index (χ2v) is 5.46. The van der Waals surface area contributed by atoms with Crippen LogP contribution >= 0.6 is 0 Å². The van der Waals surface area contributed by atoms with Crippen molar-refractivity contribution in [2.24, 2.45) is 0 Å². The van der Waals surface area contributed by atoms with Gasteiger partial charge in [-0.3, -0.25) is 0 Å². The maximum atomic E-state index is 13.5. The Kier molecular flexibility index (Phi) is 4.91. The van der Waals surface area contributed by atoms with E-state index in [1.165, 1.54) is 12.1 Å². The van der Waals surface area contributed by atoms with Gasteiger partial charge in [0.2, 0.25) is 0 Å². The van der Waals surface area contributed by atoms with Crippen LogP contribution in [0.3, 0.4) is 0 Å². The van der Waals surface area contributed by atoms with Crippen molar-refractivity contribution in [3.63, 3.8) is 0 Å². The van der Waals surface area contributed by atoms with Crippen LogP contribution in [0.4, 0.5) is 4.39 Å². The van der Waals surface area contributed by atoms with Crippen LogP contribution in [0.2, 0.25) is 0 Å². The van der Waals surface area contributed by atoms with E-state index in [-0.39, 0.29) is 17.5 Å². The summed E-state index contributed by atoms with van der Waals surface area (Å²) in [5, 5.41) is 3.32. The van der Waals surface area contributed by atoms with E-state index in [0.29, 0.717) is 12.3 Å². The monoisotopic (exact) mass is 251 g/mol. The third-order valence-corrected chi connectivity index (χ3v) is 2.41. The molecule has 3 heteroatoms. The molecule has 0 fully saturated rings. The van der Waals surface area contributed by atoms with Crippen molar-refractivity contribution in [3.05, 3.63) is 42.2 Å². The molecular formula is C15H22FNO. The van der Waals surface area contributed by atoms with Crippen molar-refractivity contribution >= 4 is 0 Å². The highest BCUT2D eigenvalue weighted by atomic mass is 19.1. The zero-order chi connectivity index (χ0) is 13.8. The standard InChI is InChI=1S/C15H22FNO/c1-6-11(2)18-14-8-12(7-13(16)9-14)10-17-15(3,4)5/h6-9,11,17H,1,10H2,2-5H3. The predicted molar refractivity (Wildman–Crippen MR) is 73.3 cm³/mol. The van der Waals surface area contributed by atoms with Gasteiger partial charge >= 0.3 is 0 Å². The minimum atomic E-state index is -0.283. The van der Waals surface area contributed by atoms with Crippen LogP contribution in [-0.4, -0.2) is 11.6 Å². The van der Waals surface area contributed by atoms with Crippen LogP contribution in [0, 0.1) is 5.82 Å². The molecule has 1 N–H and O–H groups in total. The third kappa shape index (κ3) is 5.32. The maximum absolute atomic E-state index is 13.5. The van der Waals surface area contributed by atoms with Crippen LogP contribution < -0.4 is 10.1 Å². The molecule has 18 heavy (non-hydrogen) atoms. The summed E-state index contributed by atoms with van der Waals surface area (Å²) in [7, 11) is 0. The highest BCUT2D eigenvalue weighted by Gasteiger charge is 2.10. The number of nitrogens with one attached hydrogen (secondary N) is 1. The average molecular weight is 251 g/mol. The molecule has 0 saturated heterocycles. The van der Waals surface area contributed by atoms with Crippen molar-refractivity contribution in [2.75, 3.05) is 0 Å². The van der Waals surface area contributed by atoms with E-state index < -0.39 is 0 Å². The second kappa shape index (κ2) is 6.01. The first-order valence-electron chi connectivity index (χ1n) is 6.14. The maximum Gasteiger partial charge on any atom is 0.127 e. The van der Waals surface area contributed by atoms with E-state index in [9.17, 15) is 4.39 Å². The Bertz CT molecular complexity index is 409. The molecule has 1 rings (SSSR count). The highest BCUT2D eigenvalue weighted by molar-refractivity contribution is 5.30. The number of hydrogen-bond donors (Lipinski definition) is 1. The van der Waals surface area contributed by atoms with Crippen molar-refractivity contribution in [1.29, 1.82) is 0 Å². The lowest BCUT2D eigenvalue weighted by molar-refractivity contribution is 0.268. The molecule has 0 saturated carbocycles. The molecule has 0 spiro atoms. The van der Waals surface area contributed by atoms with Gasteiger partial charge in [-0.05, 0) is 45.4 Å². The molecule has 2 nitrogen and oxygen atoms in total. The van der Waals surface area contributed by atoms with Crippen molar-refractivity contribution < 1.29 is 9.13 Å². The summed E-state index contributed by atoms with van der Waals surface area (Å²) in [6, 6.07) is 4.76. The van der Waals surface area contributed by atoms with Crippen molar-refractivity contribution in [2.45, 2.75) is 45.9 Å². The molecule has 1 atom stereocenters. The number of benzene rings is 1. The Balaban J connectivity index is 2.77. The molecule has 1 aromatic rings. The van der Waals surface area contributed by atoms with Gasteiger partial charge < -0.3 is 10.1 Å². The zero-order valence-electron chi connectivity index (χ0n) is 11.6. The minimum absolute atomic E-state index is 0.00173. The fourth-order valence-corrected chi connectivity index (χ4v) is 1.42. The summed E-state index contributed by atoms with van der Waals surface area (Å²) in [5.74, 6) is 0.252. The van der Waals surface area contributed by atoms with Gasteiger partial charge in [-0.15, -0.1) is 0 Å². The second-order valence-electron chi connectivity index (χ2n) is 5.46. The van der Waals surface area contributed by atoms with Crippen molar-refractivity contribution in [1.82, 2.24) is 5.32 Å². The lowest BCUT2D eigenvalue weighted by atomic mass is 10.1. The van der Waals surface area contributed by atoms with Gasteiger partial charge in [0.15, 0.2) is 0 Å². The van der Waals surface area contributed by atoms with E-state index >= 15 is 0 Å². The van der Waals surface area contributed by atoms with Gasteiger partial charge in [0.05, 0.1) is 0 Å². The quantitative estimate of drug-likeness (QED) is 0.806. The van der Waals surface area contributed by atoms with Crippen LogP contribution in [0.25, 0.3) is 0 Å². The number of rotatable bonds is 5. The fraction of sp³-hybridized carbons (Fsp3) is 0.467. The first kappa shape index (κ1) is 14.7. The van der Waals surface area contributed by atoms with Gasteiger partial charge in [-0.1, -0.05) is 12.7 Å². The minimum Gasteiger partial charge on any atom is -0.487 e. The number of ether oxygens (including phenoxy) is 1. The average Bonchev–Trinajstić information content (AvgIpc) is 2.24. The predicted octanol–water partition coefficient (Wildman–Crippen LogP) is 3.67. The third-order valence-electron chi connectivity index (χ3n) is 2.41. The van der Waals surface area contributed by atoms with Gasteiger partial charge in [-0.25, -0.2) is 4.39 Å².